The van der Waals surface area contributed by atoms with Crippen LogP contribution in [0.2, 0.25) is 0 Å². The summed E-state index contributed by atoms with van der Waals surface area (Å²) in [5.74, 6) is -1.32. The molecule has 1 aliphatic heterocycles. The molecule has 2 aromatic rings. The molecule has 0 aromatic heterocycles. The maximum absolute atomic E-state index is 13.7. The number of piperidine rings is 1. The van der Waals surface area contributed by atoms with Crippen molar-refractivity contribution < 1.29 is 22.0 Å². The zero-order valence-corrected chi connectivity index (χ0v) is 16.8. The first-order chi connectivity index (χ1) is 13.8. The summed E-state index contributed by atoms with van der Waals surface area (Å²) >= 11 is 0. The summed E-state index contributed by atoms with van der Waals surface area (Å²) in [7, 11) is -3.73. The number of sulfonamides is 1. The summed E-state index contributed by atoms with van der Waals surface area (Å²) in [6.45, 7) is 2.77. The average molecular weight is 423 g/mol. The summed E-state index contributed by atoms with van der Waals surface area (Å²) in [5, 5.41) is 2.59. The Bertz CT molecular complexity index is 959. The van der Waals surface area contributed by atoms with E-state index in [2.05, 4.69) is 10.0 Å². The number of rotatable bonds is 6. The molecule has 2 aromatic carbocycles. The fourth-order valence-corrected chi connectivity index (χ4v) is 4.58. The van der Waals surface area contributed by atoms with Crippen LogP contribution in [0.5, 0.6) is 0 Å². The third-order valence-electron chi connectivity index (χ3n) is 5.03. The molecule has 0 aliphatic carbocycles. The van der Waals surface area contributed by atoms with Crippen molar-refractivity contribution in [2.24, 2.45) is 0 Å². The minimum atomic E-state index is -3.73. The number of benzene rings is 2. The van der Waals surface area contributed by atoms with Gasteiger partial charge in [-0.2, -0.15) is 0 Å². The number of amides is 1. The van der Waals surface area contributed by atoms with Crippen molar-refractivity contribution in [1.82, 2.24) is 9.62 Å². The van der Waals surface area contributed by atoms with Crippen LogP contribution in [0.15, 0.2) is 53.4 Å². The van der Waals surface area contributed by atoms with Crippen LogP contribution in [0, 0.1) is 11.6 Å². The Hall–Kier alpha value is -2.36. The lowest BCUT2D eigenvalue weighted by Gasteiger charge is -2.35. The van der Waals surface area contributed by atoms with Crippen molar-refractivity contribution in [2.75, 3.05) is 18.4 Å². The Balaban J connectivity index is 1.53. The van der Waals surface area contributed by atoms with E-state index in [1.807, 2.05) is 4.90 Å². The van der Waals surface area contributed by atoms with Crippen LogP contribution in [-0.4, -0.2) is 44.4 Å². The zero-order chi connectivity index (χ0) is 21.0. The number of carbonyl (C=O) groups is 1. The molecule has 1 fully saturated rings. The minimum absolute atomic E-state index is 0.0129. The third-order valence-corrected chi connectivity index (χ3v) is 6.57. The maximum Gasteiger partial charge on any atom is 0.241 e. The quantitative estimate of drug-likeness (QED) is 0.749. The van der Waals surface area contributed by atoms with Crippen LogP contribution in [0.25, 0.3) is 0 Å². The van der Waals surface area contributed by atoms with E-state index in [0.29, 0.717) is 25.9 Å². The van der Waals surface area contributed by atoms with Gasteiger partial charge in [-0.25, -0.2) is 21.9 Å². The molecular weight excluding hydrogens is 400 g/mol. The van der Waals surface area contributed by atoms with Gasteiger partial charge in [-0.1, -0.05) is 12.1 Å². The molecule has 0 spiro atoms. The van der Waals surface area contributed by atoms with Gasteiger partial charge in [0.1, 0.15) is 11.6 Å². The van der Waals surface area contributed by atoms with E-state index in [4.69, 9.17) is 0 Å². The van der Waals surface area contributed by atoms with Crippen LogP contribution >= 0.6 is 0 Å². The number of carbonyl (C=O) groups excluding carboxylic acids is 1. The standard InChI is InChI=1S/C20H23F2N3O3S/c1-14(20(26)23-19-5-3-2-4-18(19)22)25-12-10-16(11-13-25)24-29(27,28)17-8-6-15(21)7-9-17/h2-9,14,16,24H,10-13H2,1H3,(H,23,26). The Kier molecular flexibility index (Phi) is 6.61. The van der Waals surface area contributed by atoms with Crippen LogP contribution in [0.1, 0.15) is 19.8 Å². The lowest BCUT2D eigenvalue weighted by atomic mass is 10.0. The molecule has 3 rings (SSSR count). The number of nitrogens with zero attached hydrogens (tertiary/aromatic N) is 1. The highest BCUT2D eigenvalue weighted by Gasteiger charge is 2.29. The highest BCUT2D eigenvalue weighted by atomic mass is 32.2. The van der Waals surface area contributed by atoms with Gasteiger partial charge in [0.2, 0.25) is 15.9 Å². The fourth-order valence-electron chi connectivity index (χ4n) is 3.27. The predicted octanol–water partition coefficient (Wildman–Crippen LogP) is 2.73. The first-order valence-electron chi connectivity index (χ1n) is 9.33. The number of nitrogens with one attached hydrogen (secondary N) is 2. The number of para-hydroxylation sites is 1. The SMILES string of the molecule is CC(C(=O)Nc1ccccc1F)N1CCC(NS(=O)(=O)c2ccc(F)cc2)CC1. The van der Waals surface area contributed by atoms with E-state index < -0.39 is 27.7 Å². The van der Waals surface area contributed by atoms with Gasteiger partial charge in [-0.05, 0) is 56.2 Å². The molecule has 1 saturated heterocycles. The van der Waals surface area contributed by atoms with Crippen LogP contribution in [0.3, 0.4) is 0 Å². The van der Waals surface area contributed by atoms with Gasteiger partial charge in [0.15, 0.2) is 0 Å². The molecule has 156 valence electrons. The molecule has 0 bridgehead atoms. The number of likely N-dealkylation sites (tertiary alicyclic amines) is 1. The molecule has 1 aliphatic rings. The maximum atomic E-state index is 13.7. The monoisotopic (exact) mass is 423 g/mol. The molecule has 1 unspecified atom stereocenters. The van der Waals surface area contributed by atoms with Crippen molar-refractivity contribution in [1.29, 1.82) is 0 Å². The summed E-state index contributed by atoms with van der Waals surface area (Å²) in [6, 6.07) is 9.86. The highest BCUT2D eigenvalue weighted by Crippen LogP contribution is 2.19. The molecule has 0 saturated carbocycles. The first-order valence-corrected chi connectivity index (χ1v) is 10.8. The smallest absolute Gasteiger partial charge is 0.241 e. The fraction of sp³-hybridized carbons (Fsp3) is 0.350. The lowest BCUT2D eigenvalue weighted by molar-refractivity contribution is -0.121. The molecular formula is C20H23F2N3O3S. The van der Waals surface area contributed by atoms with Gasteiger partial charge in [0, 0.05) is 19.1 Å². The molecule has 1 atom stereocenters. The second kappa shape index (κ2) is 8.98. The first kappa shape index (κ1) is 21.4. The summed E-state index contributed by atoms with van der Waals surface area (Å²) in [4.78, 5) is 14.4. The normalized spacial score (nSPS) is 17.1. The number of hydrogen-bond acceptors (Lipinski definition) is 4. The molecule has 6 nitrogen and oxygen atoms in total. The molecule has 1 amide bonds. The van der Waals surface area contributed by atoms with Crippen molar-refractivity contribution in [3.05, 3.63) is 60.2 Å². The average Bonchev–Trinajstić information content (AvgIpc) is 2.70. The number of hydrogen-bond donors (Lipinski definition) is 2. The lowest BCUT2D eigenvalue weighted by Crippen LogP contribution is -2.50. The summed E-state index contributed by atoms with van der Waals surface area (Å²) < 4.78 is 54.2. The van der Waals surface area contributed by atoms with E-state index in [-0.39, 0.29) is 22.5 Å². The Morgan fingerprint density at radius 1 is 1.07 bits per heavy atom. The van der Waals surface area contributed by atoms with Crippen molar-refractivity contribution >= 4 is 21.6 Å². The Morgan fingerprint density at radius 2 is 1.69 bits per heavy atom. The number of anilines is 1. The van der Waals surface area contributed by atoms with E-state index in [1.165, 1.54) is 24.3 Å². The molecule has 2 N–H and O–H groups in total. The van der Waals surface area contributed by atoms with Gasteiger partial charge in [-0.3, -0.25) is 9.69 Å². The van der Waals surface area contributed by atoms with Crippen LogP contribution in [0.4, 0.5) is 14.5 Å². The largest absolute Gasteiger partial charge is 0.322 e. The minimum Gasteiger partial charge on any atom is -0.322 e. The van der Waals surface area contributed by atoms with Crippen LogP contribution < -0.4 is 10.0 Å². The molecule has 0 radical (unpaired) electrons. The molecule has 1 heterocycles. The second-order valence-electron chi connectivity index (χ2n) is 7.03. The molecule has 29 heavy (non-hydrogen) atoms. The van der Waals surface area contributed by atoms with E-state index in [1.54, 1.807) is 19.1 Å². The topological polar surface area (TPSA) is 78.5 Å². The Labute approximate surface area is 169 Å². The highest BCUT2D eigenvalue weighted by molar-refractivity contribution is 7.89. The van der Waals surface area contributed by atoms with Crippen molar-refractivity contribution in [3.63, 3.8) is 0 Å². The molecule has 9 heteroatoms. The summed E-state index contributed by atoms with van der Waals surface area (Å²) in [6.07, 6.45) is 1.05. The van der Waals surface area contributed by atoms with E-state index in [9.17, 15) is 22.0 Å². The Morgan fingerprint density at radius 3 is 2.31 bits per heavy atom. The van der Waals surface area contributed by atoms with Gasteiger partial charge >= 0.3 is 0 Å². The van der Waals surface area contributed by atoms with E-state index in [0.717, 1.165) is 12.1 Å². The van der Waals surface area contributed by atoms with Crippen molar-refractivity contribution in [2.45, 2.75) is 36.7 Å². The van der Waals surface area contributed by atoms with E-state index >= 15 is 0 Å². The number of halogens is 2. The zero-order valence-electron chi connectivity index (χ0n) is 15.9. The van der Waals surface area contributed by atoms with Crippen LogP contribution in [-0.2, 0) is 14.8 Å². The van der Waals surface area contributed by atoms with Gasteiger partial charge in [0.05, 0.1) is 16.6 Å². The van der Waals surface area contributed by atoms with Crippen molar-refractivity contribution in [3.8, 4) is 0 Å². The predicted molar refractivity (Wildman–Crippen MR) is 106 cm³/mol. The van der Waals surface area contributed by atoms with Gasteiger partial charge in [0.25, 0.3) is 0 Å². The second-order valence-corrected chi connectivity index (χ2v) is 8.74. The van der Waals surface area contributed by atoms with Gasteiger partial charge in [-0.15, -0.1) is 0 Å². The third kappa shape index (κ3) is 5.37. The summed E-state index contributed by atoms with van der Waals surface area (Å²) in [5.41, 5.74) is 0.131. The van der Waals surface area contributed by atoms with Gasteiger partial charge < -0.3 is 5.32 Å².